The second-order valence-electron chi connectivity index (χ2n) is 29.7. The number of ether oxygens (including phenoxy) is 7. The normalized spacial score (nSPS) is 17.9. The number of carbonyl (C=O) groups excluding carboxylic acids is 3. The van der Waals surface area contributed by atoms with E-state index in [0.717, 1.165) is 166 Å². The van der Waals surface area contributed by atoms with Crippen molar-refractivity contribution < 1.29 is 89.1 Å². The monoisotopic (exact) mass is 1570 g/mol. The fourth-order valence-electron chi connectivity index (χ4n) is 15.8. The van der Waals surface area contributed by atoms with E-state index in [0.29, 0.717) is 62.0 Å². The van der Waals surface area contributed by atoms with Crippen molar-refractivity contribution in [1.82, 2.24) is 0 Å². The maximum absolute atomic E-state index is 13.6. The molecule has 0 bridgehead atoms. The van der Waals surface area contributed by atoms with Crippen LogP contribution in [0.5, 0.6) is 40.2 Å². The van der Waals surface area contributed by atoms with Gasteiger partial charge < -0.3 is 43.7 Å². The topological polar surface area (TPSA) is 166 Å². The van der Waals surface area contributed by atoms with Crippen molar-refractivity contribution in [1.29, 1.82) is 0 Å². The number of aliphatic hydroxyl groups is 1. The number of Topliss-reactive ketones (excluding diaryl/α,β-unsaturated/α-hetero) is 2. The van der Waals surface area contributed by atoms with Gasteiger partial charge in [-0.3, -0.25) is 14.4 Å². The zero-order chi connectivity index (χ0) is 79.1. The van der Waals surface area contributed by atoms with Crippen LogP contribution in [0.2, 0.25) is 0 Å². The summed E-state index contributed by atoms with van der Waals surface area (Å²) in [5.41, 5.74) is 14.5. The van der Waals surface area contributed by atoms with Gasteiger partial charge in [0, 0.05) is 54.0 Å². The molecule has 0 saturated heterocycles. The van der Waals surface area contributed by atoms with Crippen molar-refractivity contribution in [2.75, 3.05) is 6.61 Å². The van der Waals surface area contributed by atoms with Gasteiger partial charge in [0.25, 0.3) is 5.79 Å². The van der Waals surface area contributed by atoms with Gasteiger partial charge in [-0.1, -0.05) is 286 Å². The van der Waals surface area contributed by atoms with Crippen molar-refractivity contribution in [2.45, 2.75) is 129 Å². The van der Waals surface area contributed by atoms with E-state index in [2.05, 4.69) is 84.9 Å². The van der Waals surface area contributed by atoms with Crippen molar-refractivity contribution in [3.63, 3.8) is 0 Å². The van der Waals surface area contributed by atoms with Gasteiger partial charge in [0.1, 0.15) is 79.1 Å². The first-order valence-corrected chi connectivity index (χ1v) is 40.5. The quantitative estimate of drug-likeness (QED) is 0.0388. The molecule has 117 heavy (non-hydrogen) atoms. The average Bonchev–Trinajstić information content (AvgIpc) is 0.725. The van der Waals surface area contributed by atoms with Crippen molar-refractivity contribution in [2.24, 2.45) is 23.7 Å². The molecule has 12 aromatic rings. The van der Waals surface area contributed by atoms with Gasteiger partial charge in [0.2, 0.25) is 0 Å². The van der Waals surface area contributed by atoms with Gasteiger partial charge in [-0.05, 0) is 188 Å². The number of rotatable bonds is 22. The van der Waals surface area contributed by atoms with E-state index in [9.17, 15) is 14.4 Å². The molecule has 13 heteroatoms. The number of allylic oxidation sites excluding steroid dienone is 2. The molecule has 2 unspecified atom stereocenters. The Kier molecular flexibility index (Phi) is 33.4. The molecular formula is C104H105NaO12. The molecule has 3 saturated carbocycles. The third-order valence-corrected chi connectivity index (χ3v) is 21.7. The first-order valence-electron chi connectivity index (χ1n) is 40.5. The van der Waals surface area contributed by atoms with Crippen LogP contribution in [0.1, 0.15) is 138 Å². The standard InChI is InChI=1S/C34H34O3.C34H30O3.C20H20O2.C14H12O2.C2H6O.Na.H2O.H2/c2*35-34-30(22-28-16-7-9-20-32(28)36-24-26-12-3-1-4-13-26)18-11-19-31(34)23-29-17-8-10-21-33(29)37-25-27-14-5-2-6-15-27;1-3-10-18-14(6-1)12-16-8-5-9-17-13-15-7-2-4-11-19(15)22-20(16,17)21-18;15-10-13-8-4-5-9-14(13)16-11-12-6-2-1-3-7-12;1-2-3;;;/h1-10,12-17,20-21,30-31H,11,18-19,22-25H2;1-10,12-17,20-23H,11,18-19,24-25H2;1-4,6-7,10-11,16-17H,5,8-9,12-13H2;1-10H,11H2;3H,2H2,1H3;;1H2;1H/q;;;;;+1;;/p-1/b;30-22+,31-23+;;;;;;/t;;16-,17-,20?;;;;;/m..1...../s1. The summed E-state index contributed by atoms with van der Waals surface area (Å²) in [5.74, 6) is 6.99. The summed E-state index contributed by atoms with van der Waals surface area (Å²) in [6, 6.07) is 107. The number of ketones is 2. The molecule has 2 aliphatic heterocycles. The Morgan fingerprint density at radius 3 is 1.03 bits per heavy atom. The number of hydrogen-bond donors (Lipinski definition) is 1. The minimum absolute atomic E-state index is 0. The summed E-state index contributed by atoms with van der Waals surface area (Å²) in [4.78, 5) is 37.9. The van der Waals surface area contributed by atoms with Gasteiger partial charge in [0.05, 0.1) is 5.56 Å². The zero-order valence-corrected chi connectivity index (χ0v) is 69.1. The Balaban J connectivity index is 0.000000169. The Morgan fingerprint density at radius 1 is 0.376 bits per heavy atom. The summed E-state index contributed by atoms with van der Waals surface area (Å²) < 4.78 is 43.3. The third kappa shape index (κ3) is 24.4. The van der Waals surface area contributed by atoms with Crippen LogP contribution in [0.4, 0.5) is 0 Å². The minimum Gasteiger partial charge on any atom is -0.870 e. The summed E-state index contributed by atoms with van der Waals surface area (Å²) >= 11 is 0. The molecule has 0 aromatic heterocycles. The van der Waals surface area contributed by atoms with E-state index in [4.69, 9.17) is 38.3 Å². The molecule has 2 heterocycles. The predicted molar refractivity (Wildman–Crippen MR) is 461 cm³/mol. The molecular weight excluding hydrogens is 1460 g/mol. The second-order valence-corrected chi connectivity index (χ2v) is 29.7. The molecule has 4 atom stereocenters. The Hall–Kier alpha value is -11.4. The molecule has 594 valence electrons. The molecule has 3 fully saturated rings. The Labute approximate surface area is 713 Å². The number of para-hydroxylation sites is 7. The van der Waals surface area contributed by atoms with E-state index in [1.807, 2.05) is 237 Å². The third-order valence-electron chi connectivity index (χ3n) is 21.7. The van der Waals surface area contributed by atoms with Crippen molar-refractivity contribution in [3.8, 4) is 40.2 Å². The number of carbonyl (C=O) groups is 3. The molecule has 0 amide bonds. The van der Waals surface area contributed by atoms with Gasteiger partial charge in [0.15, 0.2) is 12.1 Å². The van der Waals surface area contributed by atoms with Crippen LogP contribution in [0.3, 0.4) is 0 Å². The number of aliphatic hydroxyl groups excluding tert-OH is 1. The average molecular weight is 1570 g/mol. The molecule has 5 aliphatic rings. The van der Waals surface area contributed by atoms with Crippen LogP contribution < -0.4 is 62.7 Å². The molecule has 2 N–H and O–H groups in total. The fraction of sp³-hybridized carbons (Fsp3) is 0.240. The summed E-state index contributed by atoms with van der Waals surface area (Å²) in [7, 11) is 0. The van der Waals surface area contributed by atoms with Crippen molar-refractivity contribution >= 4 is 30.0 Å². The van der Waals surface area contributed by atoms with Gasteiger partial charge in [-0.2, -0.15) is 0 Å². The number of benzene rings is 12. The molecule has 3 aliphatic carbocycles. The molecule has 17 rings (SSSR count). The molecule has 12 nitrogen and oxygen atoms in total. The molecule has 1 spiro atoms. The smallest absolute Gasteiger partial charge is 0.870 e. The first-order chi connectivity index (χ1) is 56.7. The van der Waals surface area contributed by atoms with Crippen LogP contribution in [0.25, 0.3) is 12.2 Å². The van der Waals surface area contributed by atoms with Gasteiger partial charge in [-0.25, -0.2) is 0 Å². The predicted octanol–water partition coefficient (Wildman–Crippen LogP) is 20.2. The summed E-state index contributed by atoms with van der Waals surface area (Å²) in [6.07, 6.45) is 17.5. The molecule has 0 radical (unpaired) electrons. The summed E-state index contributed by atoms with van der Waals surface area (Å²) in [6.45, 7) is 4.43. The number of fused-ring (bicyclic) bond motifs is 2. The Bertz CT molecular complexity index is 4870. The van der Waals surface area contributed by atoms with E-state index >= 15 is 0 Å². The minimum atomic E-state index is -0.443. The Morgan fingerprint density at radius 2 is 0.667 bits per heavy atom. The van der Waals surface area contributed by atoms with Gasteiger partial charge in [-0.15, -0.1) is 0 Å². The van der Waals surface area contributed by atoms with Crippen LogP contribution in [0.15, 0.2) is 333 Å². The fourth-order valence-corrected chi connectivity index (χ4v) is 15.8. The van der Waals surface area contributed by atoms with E-state index in [1.165, 1.54) is 30.4 Å². The van der Waals surface area contributed by atoms with Crippen molar-refractivity contribution in [3.05, 3.63) is 399 Å². The van der Waals surface area contributed by atoms with Crippen LogP contribution in [0, 0.1) is 23.7 Å². The number of aldehydes is 1. The first kappa shape index (κ1) is 86.5. The SMILES string of the molecule is CCO.O=C1/C(=C/c2ccccc2OCc2ccccc2)CCC/C1=C\c1ccccc1OCc1ccccc1.O=C1C(Cc2ccccc2OCc2ccccc2)CCCC1Cc1ccccc1OCc1ccccc1.O=Cc1ccccc1OCc1ccccc1.[HH].[Na+].[OH-].c1ccc2c(c1)C[C@H]1CCC[C@@H]3Cc4ccccc4OC13O2. The second kappa shape index (κ2) is 45.2. The maximum atomic E-state index is 13.6. The summed E-state index contributed by atoms with van der Waals surface area (Å²) in [5, 5.41) is 7.57. The largest absolute Gasteiger partial charge is 1.00 e. The van der Waals surface area contributed by atoms with Crippen LogP contribution in [-0.2, 0) is 68.3 Å². The number of hydrogen-bond acceptors (Lipinski definition) is 12. The maximum Gasteiger partial charge on any atom is 1.00 e. The van der Waals surface area contributed by atoms with Crippen LogP contribution in [-0.4, -0.2) is 40.8 Å². The van der Waals surface area contributed by atoms with E-state index < -0.39 is 5.79 Å². The van der Waals surface area contributed by atoms with Crippen LogP contribution >= 0.6 is 0 Å². The van der Waals surface area contributed by atoms with E-state index in [1.54, 1.807) is 19.1 Å². The van der Waals surface area contributed by atoms with E-state index in [-0.39, 0.29) is 60.7 Å². The molecule has 12 aromatic carbocycles. The van der Waals surface area contributed by atoms with Gasteiger partial charge >= 0.3 is 29.6 Å². The zero-order valence-electron chi connectivity index (χ0n) is 67.1.